The summed E-state index contributed by atoms with van der Waals surface area (Å²) in [5, 5.41) is 11.9. The van der Waals surface area contributed by atoms with Gasteiger partial charge in [0.2, 0.25) is 0 Å². The number of carbonyl (C=O) groups excluding carboxylic acids is 2. The van der Waals surface area contributed by atoms with Gasteiger partial charge in [0.25, 0.3) is 5.91 Å². The molecule has 1 amide bonds. The summed E-state index contributed by atoms with van der Waals surface area (Å²) in [6.07, 6.45) is -0.343. The zero-order valence-corrected chi connectivity index (χ0v) is 16.3. The van der Waals surface area contributed by atoms with Crippen molar-refractivity contribution in [2.75, 3.05) is 10.6 Å². The molecule has 0 fully saturated rings. The number of halogens is 1. The Balaban J connectivity index is 1.66. The maximum Gasteiger partial charge on any atom is 0.264 e. The standard InChI is InChI=1S/C23H19ClN2O3/c24-17-9-5-15(6-10-17)14-26-20-4-2-1-3-19(20)23(29,22(26)28)13-21(27)16-7-11-18(25)12-8-16/h1-12,29H,13-14,25H2/t23-/m1/s1. The van der Waals surface area contributed by atoms with Gasteiger partial charge in [0, 0.05) is 21.8 Å². The summed E-state index contributed by atoms with van der Waals surface area (Å²) in [5.74, 6) is -0.846. The minimum absolute atomic E-state index is 0.269. The Hall–Kier alpha value is -3.15. The number of Topliss-reactive ketones (excluding diaryl/α,β-unsaturated/α-hetero) is 1. The van der Waals surface area contributed by atoms with Gasteiger partial charge in [-0.1, -0.05) is 41.9 Å². The van der Waals surface area contributed by atoms with Crippen molar-refractivity contribution in [2.45, 2.75) is 18.6 Å². The van der Waals surface area contributed by atoms with Crippen LogP contribution in [0.5, 0.6) is 0 Å². The highest BCUT2D eigenvalue weighted by Crippen LogP contribution is 2.43. The number of nitrogens with zero attached hydrogens (tertiary/aromatic N) is 1. The molecule has 0 aromatic heterocycles. The van der Waals surface area contributed by atoms with Crippen molar-refractivity contribution in [3.8, 4) is 0 Å². The first kappa shape index (κ1) is 19.2. The molecule has 4 rings (SSSR count). The molecule has 0 bridgehead atoms. The molecule has 0 radical (unpaired) electrons. The lowest BCUT2D eigenvalue weighted by atomic mass is 9.88. The van der Waals surface area contributed by atoms with Crippen LogP contribution in [0.4, 0.5) is 11.4 Å². The van der Waals surface area contributed by atoms with E-state index in [1.165, 1.54) is 4.90 Å². The van der Waals surface area contributed by atoms with Crippen molar-refractivity contribution in [1.82, 2.24) is 0 Å². The van der Waals surface area contributed by atoms with Crippen LogP contribution >= 0.6 is 11.6 Å². The highest BCUT2D eigenvalue weighted by atomic mass is 35.5. The van der Waals surface area contributed by atoms with E-state index in [1.54, 1.807) is 60.7 Å². The average Bonchev–Trinajstić information content (AvgIpc) is 2.92. The summed E-state index contributed by atoms with van der Waals surface area (Å²) in [6, 6.07) is 20.6. The molecule has 0 unspecified atom stereocenters. The lowest BCUT2D eigenvalue weighted by Gasteiger charge is -2.23. The van der Waals surface area contributed by atoms with E-state index < -0.39 is 11.5 Å². The van der Waals surface area contributed by atoms with Crippen LogP contribution in [0.2, 0.25) is 5.02 Å². The molecule has 3 N–H and O–H groups in total. The third-order valence-electron chi connectivity index (χ3n) is 5.14. The van der Waals surface area contributed by atoms with E-state index in [1.807, 2.05) is 12.1 Å². The first-order chi connectivity index (χ1) is 13.9. The third-order valence-corrected chi connectivity index (χ3v) is 5.39. The average molecular weight is 407 g/mol. The lowest BCUT2D eigenvalue weighted by Crippen LogP contribution is -2.41. The molecule has 5 nitrogen and oxygen atoms in total. The lowest BCUT2D eigenvalue weighted by molar-refractivity contribution is -0.136. The molecular formula is C23H19ClN2O3. The number of nitrogens with two attached hydrogens (primary N) is 1. The van der Waals surface area contributed by atoms with E-state index in [0.717, 1.165) is 5.56 Å². The molecule has 3 aromatic rings. The SMILES string of the molecule is Nc1ccc(C(=O)C[C@]2(O)C(=O)N(Cc3ccc(Cl)cc3)c3ccccc32)cc1. The number of hydrogen-bond acceptors (Lipinski definition) is 4. The monoisotopic (exact) mass is 406 g/mol. The predicted molar refractivity (Wildman–Crippen MR) is 113 cm³/mol. The van der Waals surface area contributed by atoms with Crippen molar-refractivity contribution in [3.05, 3.63) is 94.5 Å². The molecule has 0 saturated heterocycles. The fourth-order valence-electron chi connectivity index (χ4n) is 3.61. The van der Waals surface area contributed by atoms with E-state index >= 15 is 0 Å². The fraction of sp³-hybridized carbons (Fsp3) is 0.130. The largest absolute Gasteiger partial charge is 0.399 e. The topological polar surface area (TPSA) is 83.6 Å². The maximum absolute atomic E-state index is 13.3. The van der Waals surface area contributed by atoms with Gasteiger partial charge < -0.3 is 15.7 Å². The Morgan fingerprint density at radius 3 is 2.34 bits per heavy atom. The molecular weight excluding hydrogens is 388 g/mol. The van der Waals surface area contributed by atoms with Gasteiger partial charge in [-0.3, -0.25) is 9.59 Å². The van der Waals surface area contributed by atoms with E-state index in [4.69, 9.17) is 17.3 Å². The normalized spacial score (nSPS) is 18.0. The number of carbonyl (C=O) groups is 2. The molecule has 1 aliphatic rings. The second-order valence-corrected chi connectivity index (χ2v) is 7.55. The number of amides is 1. The summed E-state index contributed by atoms with van der Waals surface area (Å²) in [4.78, 5) is 27.6. The molecule has 0 saturated carbocycles. The summed E-state index contributed by atoms with van der Waals surface area (Å²) in [5.41, 5.74) is 6.59. The van der Waals surface area contributed by atoms with Crippen LogP contribution in [0.1, 0.15) is 27.9 Å². The van der Waals surface area contributed by atoms with Crippen LogP contribution in [0.3, 0.4) is 0 Å². The smallest absolute Gasteiger partial charge is 0.264 e. The van der Waals surface area contributed by atoms with Crippen LogP contribution in [-0.4, -0.2) is 16.8 Å². The van der Waals surface area contributed by atoms with Gasteiger partial charge in [0.1, 0.15) is 0 Å². The van der Waals surface area contributed by atoms with E-state index in [2.05, 4.69) is 0 Å². The number of para-hydroxylation sites is 1. The molecule has 29 heavy (non-hydrogen) atoms. The number of fused-ring (bicyclic) bond motifs is 1. The Morgan fingerprint density at radius 2 is 1.66 bits per heavy atom. The van der Waals surface area contributed by atoms with Gasteiger partial charge in [-0.15, -0.1) is 0 Å². The van der Waals surface area contributed by atoms with Crippen molar-refractivity contribution >= 4 is 34.7 Å². The van der Waals surface area contributed by atoms with Crippen molar-refractivity contribution in [2.24, 2.45) is 0 Å². The number of aliphatic hydroxyl groups is 1. The Morgan fingerprint density at radius 1 is 1.00 bits per heavy atom. The molecule has 1 atom stereocenters. The second-order valence-electron chi connectivity index (χ2n) is 7.12. The number of benzene rings is 3. The Kier molecular flexibility index (Phi) is 4.86. The first-order valence-electron chi connectivity index (χ1n) is 9.15. The Labute approximate surface area is 173 Å². The van der Waals surface area contributed by atoms with Gasteiger partial charge in [-0.25, -0.2) is 0 Å². The summed E-state index contributed by atoms with van der Waals surface area (Å²) in [7, 11) is 0. The number of hydrogen-bond donors (Lipinski definition) is 2. The first-order valence-corrected chi connectivity index (χ1v) is 9.53. The number of ketones is 1. The van der Waals surface area contributed by atoms with Crippen LogP contribution in [-0.2, 0) is 16.9 Å². The van der Waals surface area contributed by atoms with E-state index in [9.17, 15) is 14.7 Å². The second kappa shape index (κ2) is 7.35. The highest BCUT2D eigenvalue weighted by molar-refractivity contribution is 6.30. The van der Waals surface area contributed by atoms with Crippen LogP contribution in [0.25, 0.3) is 0 Å². The number of nitrogen functional groups attached to an aromatic ring is 1. The van der Waals surface area contributed by atoms with Gasteiger partial charge in [-0.2, -0.15) is 0 Å². The van der Waals surface area contributed by atoms with Gasteiger partial charge >= 0.3 is 0 Å². The zero-order valence-electron chi connectivity index (χ0n) is 15.5. The molecule has 146 valence electrons. The maximum atomic E-state index is 13.3. The minimum Gasteiger partial charge on any atom is -0.399 e. The zero-order chi connectivity index (χ0) is 20.6. The summed E-state index contributed by atoms with van der Waals surface area (Å²) >= 11 is 5.94. The summed E-state index contributed by atoms with van der Waals surface area (Å²) in [6.45, 7) is 0.269. The van der Waals surface area contributed by atoms with Crippen LogP contribution in [0, 0.1) is 0 Å². The van der Waals surface area contributed by atoms with Gasteiger partial charge in [0.05, 0.1) is 18.7 Å². The van der Waals surface area contributed by atoms with Crippen molar-refractivity contribution in [3.63, 3.8) is 0 Å². The van der Waals surface area contributed by atoms with Crippen LogP contribution in [0.15, 0.2) is 72.8 Å². The van der Waals surface area contributed by atoms with Gasteiger partial charge in [0.15, 0.2) is 11.4 Å². The van der Waals surface area contributed by atoms with Crippen LogP contribution < -0.4 is 10.6 Å². The van der Waals surface area contributed by atoms with E-state index in [-0.39, 0.29) is 18.7 Å². The Bertz CT molecular complexity index is 1080. The molecule has 1 heterocycles. The quantitative estimate of drug-likeness (QED) is 0.496. The molecule has 6 heteroatoms. The van der Waals surface area contributed by atoms with Crippen molar-refractivity contribution < 1.29 is 14.7 Å². The third kappa shape index (κ3) is 3.50. The number of anilines is 2. The molecule has 0 aliphatic carbocycles. The fourth-order valence-corrected chi connectivity index (χ4v) is 3.74. The predicted octanol–water partition coefficient (Wildman–Crippen LogP) is 3.93. The molecule has 1 aliphatic heterocycles. The highest BCUT2D eigenvalue weighted by Gasteiger charge is 2.50. The summed E-state index contributed by atoms with van der Waals surface area (Å²) < 4.78 is 0. The molecule has 3 aromatic carbocycles. The van der Waals surface area contributed by atoms with E-state index in [0.29, 0.717) is 27.5 Å². The van der Waals surface area contributed by atoms with Crippen molar-refractivity contribution in [1.29, 1.82) is 0 Å². The number of rotatable bonds is 5. The minimum atomic E-state index is -1.92. The van der Waals surface area contributed by atoms with Gasteiger partial charge in [-0.05, 0) is 48.0 Å². The molecule has 0 spiro atoms.